The van der Waals surface area contributed by atoms with E-state index in [9.17, 15) is 9.59 Å². The predicted molar refractivity (Wildman–Crippen MR) is 85.0 cm³/mol. The lowest BCUT2D eigenvalue weighted by atomic mass is 9.82. The fraction of sp³-hybridized carbons (Fsp3) is 0.600. The van der Waals surface area contributed by atoms with Crippen molar-refractivity contribution in [2.45, 2.75) is 46.6 Å². The second-order valence-corrected chi connectivity index (χ2v) is 7.74. The minimum atomic E-state index is -0.413. The van der Waals surface area contributed by atoms with E-state index in [2.05, 4.69) is 47.3 Å². The number of carbonyl (C=O) groups is 2. The molecule has 0 aliphatic heterocycles. The highest BCUT2D eigenvalue weighted by atomic mass is 79.9. The van der Waals surface area contributed by atoms with E-state index in [0.717, 1.165) is 6.42 Å². The van der Waals surface area contributed by atoms with Crippen molar-refractivity contribution in [2.24, 2.45) is 5.41 Å². The van der Waals surface area contributed by atoms with Crippen LogP contribution >= 0.6 is 15.9 Å². The van der Waals surface area contributed by atoms with E-state index >= 15 is 0 Å². The van der Waals surface area contributed by atoms with Gasteiger partial charge in [0.1, 0.15) is 0 Å². The van der Waals surface area contributed by atoms with Crippen LogP contribution in [0.15, 0.2) is 21.2 Å². The molecule has 0 spiro atoms. The van der Waals surface area contributed by atoms with Crippen molar-refractivity contribution < 1.29 is 14.0 Å². The van der Waals surface area contributed by atoms with Crippen LogP contribution in [-0.2, 0) is 4.79 Å². The van der Waals surface area contributed by atoms with Gasteiger partial charge in [-0.3, -0.25) is 9.59 Å². The molecule has 0 saturated carbocycles. The Hall–Kier alpha value is -1.30. The predicted octanol–water partition coefficient (Wildman–Crippen LogP) is 3.10. The molecule has 0 aliphatic carbocycles. The van der Waals surface area contributed by atoms with Gasteiger partial charge in [-0.15, -0.1) is 0 Å². The van der Waals surface area contributed by atoms with Gasteiger partial charge in [-0.1, -0.05) is 20.8 Å². The summed E-state index contributed by atoms with van der Waals surface area (Å²) in [6.07, 6.45) is 0.838. The van der Waals surface area contributed by atoms with Crippen LogP contribution in [0.4, 0.5) is 0 Å². The van der Waals surface area contributed by atoms with Crippen molar-refractivity contribution in [1.82, 2.24) is 10.6 Å². The number of amides is 2. The summed E-state index contributed by atoms with van der Waals surface area (Å²) in [7, 11) is 0. The molecule has 0 unspecified atom stereocenters. The molecule has 21 heavy (non-hydrogen) atoms. The second kappa shape index (κ2) is 6.64. The highest BCUT2D eigenvalue weighted by molar-refractivity contribution is 9.10. The van der Waals surface area contributed by atoms with Gasteiger partial charge in [0.15, 0.2) is 10.4 Å². The van der Waals surface area contributed by atoms with E-state index in [1.165, 1.54) is 0 Å². The lowest BCUT2D eigenvalue weighted by molar-refractivity contribution is -0.122. The number of hydrogen-bond acceptors (Lipinski definition) is 3. The molecular formula is C15H23BrN2O3. The van der Waals surface area contributed by atoms with Crippen molar-refractivity contribution in [1.29, 1.82) is 0 Å². The number of carbonyl (C=O) groups excluding carboxylic acids is 2. The molecule has 118 valence electrons. The summed E-state index contributed by atoms with van der Waals surface area (Å²) in [6.45, 7) is 10.2. The molecule has 5 nitrogen and oxygen atoms in total. The molecule has 0 aliphatic rings. The molecule has 0 aromatic carbocycles. The van der Waals surface area contributed by atoms with Gasteiger partial charge >= 0.3 is 0 Å². The van der Waals surface area contributed by atoms with Gasteiger partial charge < -0.3 is 15.1 Å². The number of halogens is 1. The Morgan fingerprint density at radius 1 is 1.19 bits per heavy atom. The molecule has 0 bridgehead atoms. The average Bonchev–Trinajstić information content (AvgIpc) is 2.68. The molecule has 0 radical (unpaired) electrons. The van der Waals surface area contributed by atoms with Gasteiger partial charge in [-0.25, -0.2) is 0 Å². The molecule has 0 atom stereocenters. The minimum Gasteiger partial charge on any atom is -0.444 e. The maximum atomic E-state index is 11.9. The summed E-state index contributed by atoms with van der Waals surface area (Å²) >= 11 is 3.12. The SMILES string of the molecule is CC(C)(C)CC(C)(C)NC(=O)CNC(=O)c1ccc(Br)o1. The largest absolute Gasteiger partial charge is 0.444 e. The third kappa shape index (κ3) is 6.80. The van der Waals surface area contributed by atoms with Crippen molar-refractivity contribution >= 4 is 27.7 Å². The quantitative estimate of drug-likeness (QED) is 0.849. The Kier molecular flexibility index (Phi) is 5.61. The lowest BCUT2D eigenvalue weighted by Crippen LogP contribution is -2.49. The highest BCUT2D eigenvalue weighted by Gasteiger charge is 2.27. The summed E-state index contributed by atoms with van der Waals surface area (Å²) in [5.41, 5.74) is -0.214. The Labute approximate surface area is 134 Å². The van der Waals surface area contributed by atoms with Crippen LogP contribution in [0.5, 0.6) is 0 Å². The number of hydrogen-bond donors (Lipinski definition) is 2. The first kappa shape index (κ1) is 17.8. The molecule has 6 heteroatoms. The van der Waals surface area contributed by atoms with Crippen LogP contribution in [0.2, 0.25) is 0 Å². The monoisotopic (exact) mass is 358 g/mol. The third-order valence-electron chi connectivity index (χ3n) is 2.66. The summed E-state index contributed by atoms with van der Waals surface area (Å²) in [5.74, 6) is -0.462. The maximum absolute atomic E-state index is 11.9. The van der Waals surface area contributed by atoms with Gasteiger partial charge in [-0.05, 0) is 53.7 Å². The summed E-state index contributed by atoms with van der Waals surface area (Å²) in [6, 6.07) is 3.17. The summed E-state index contributed by atoms with van der Waals surface area (Å²) in [5, 5.41) is 5.46. The van der Waals surface area contributed by atoms with Crippen LogP contribution in [0.1, 0.15) is 51.6 Å². The third-order valence-corrected chi connectivity index (χ3v) is 3.08. The fourth-order valence-electron chi connectivity index (χ4n) is 2.48. The molecule has 1 aromatic heterocycles. The smallest absolute Gasteiger partial charge is 0.287 e. The zero-order chi connectivity index (χ0) is 16.3. The molecular weight excluding hydrogens is 336 g/mol. The van der Waals surface area contributed by atoms with Crippen LogP contribution < -0.4 is 10.6 Å². The van der Waals surface area contributed by atoms with E-state index in [1.807, 2.05) is 13.8 Å². The van der Waals surface area contributed by atoms with E-state index < -0.39 is 5.91 Å². The zero-order valence-corrected chi connectivity index (χ0v) is 14.8. The summed E-state index contributed by atoms with van der Waals surface area (Å²) < 4.78 is 5.59. The highest BCUT2D eigenvalue weighted by Crippen LogP contribution is 2.26. The van der Waals surface area contributed by atoms with Gasteiger partial charge in [0.2, 0.25) is 5.91 Å². The van der Waals surface area contributed by atoms with Crippen molar-refractivity contribution in [3.05, 3.63) is 22.6 Å². The van der Waals surface area contributed by atoms with E-state index in [4.69, 9.17) is 4.42 Å². The first-order valence-corrected chi connectivity index (χ1v) is 7.62. The maximum Gasteiger partial charge on any atom is 0.287 e. The molecule has 2 N–H and O–H groups in total. The average molecular weight is 359 g/mol. The van der Waals surface area contributed by atoms with Gasteiger partial charge in [-0.2, -0.15) is 0 Å². The first-order valence-electron chi connectivity index (χ1n) is 6.83. The number of furan rings is 1. The van der Waals surface area contributed by atoms with Gasteiger partial charge in [0.25, 0.3) is 5.91 Å². The number of rotatable bonds is 5. The lowest BCUT2D eigenvalue weighted by Gasteiger charge is -2.33. The number of nitrogens with one attached hydrogen (secondary N) is 2. The molecule has 1 aromatic rings. The van der Waals surface area contributed by atoms with E-state index in [1.54, 1.807) is 12.1 Å². The van der Waals surface area contributed by atoms with Gasteiger partial charge in [0.05, 0.1) is 6.54 Å². The van der Waals surface area contributed by atoms with Crippen LogP contribution in [0.25, 0.3) is 0 Å². The Balaban J connectivity index is 2.45. The van der Waals surface area contributed by atoms with Crippen LogP contribution in [0.3, 0.4) is 0 Å². The molecule has 1 rings (SSSR count). The molecule has 2 amide bonds. The van der Waals surface area contributed by atoms with E-state index in [0.29, 0.717) is 4.67 Å². The summed E-state index contributed by atoms with van der Waals surface area (Å²) in [4.78, 5) is 23.7. The van der Waals surface area contributed by atoms with Gasteiger partial charge in [0, 0.05) is 5.54 Å². The topological polar surface area (TPSA) is 71.3 Å². The van der Waals surface area contributed by atoms with Crippen molar-refractivity contribution in [3.8, 4) is 0 Å². The van der Waals surface area contributed by atoms with Crippen LogP contribution in [-0.4, -0.2) is 23.9 Å². The Bertz CT molecular complexity index is 515. The van der Waals surface area contributed by atoms with Crippen LogP contribution in [0, 0.1) is 5.41 Å². The first-order chi connectivity index (χ1) is 9.48. The normalized spacial score (nSPS) is 12.1. The fourth-order valence-corrected chi connectivity index (χ4v) is 2.78. The minimum absolute atomic E-state index is 0.0786. The Morgan fingerprint density at radius 3 is 2.29 bits per heavy atom. The molecule has 1 heterocycles. The second-order valence-electron chi connectivity index (χ2n) is 6.96. The molecule has 0 fully saturated rings. The van der Waals surface area contributed by atoms with Crippen molar-refractivity contribution in [3.63, 3.8) is 0 Å². The zero-order valence-electron chi connectivity index (χ0n) is 13.2. The Morgan fingerprint density at radius 2 is 1.81 bits per heavy atom. The molecule has 0 saturated heterocycles. The van der Waals surface area contributed by atoms with Crippen molar-refractivity contribution in [2.75, 3.05) is 6.54 Å². The standard InChI is InChI=1S/C15H23BrN2O3/c1-14(2,3)9-15(4,5)18-12(19)8-17-13(20)10-6-7-11(16)21-10/h6-7H,8-9H2,1-5H3,(H,17,20)(H,18,19). The van der Waals surface area contributed by atoms with E-state index in [-0.39, 0.29) is 29.2 Å².